The number of hydrogen-bond donors (Lipinski definition) is 1. The minimum atomic E-state index is -0.959. The number of hydrogen-bond acceptors (Lipinski definition) is 6. The minimum Gasteiger partial charge on any atom is -0.465 e. The molecule has 132 valence electrons. The zero-order valence-corrected chi connectivity index (χ0v) is 14.7. The van der Waals surface area contributed by atoms with Gasteiger partial charge in [-0.1, -0.05) is 0 Å². The molecule has 7 nitrogen and oxygen atoms in total. The molecule has 0 spiro atoms. The molecule has 1 aliphatic heterocycles. The average molecular weight is 329 g/mol. The molecule has 0 aromatic carbocycles. The van der Waals surface area contributed by atoms with Gasteiger partial charge < -0.3 is 19.5 Å². The Kier molecular flexibility index (Phi) is 6.02. The fourth-order valence-electron chi connectivity index (χ4n) is 2.07. The number of alkyl carbamates (subject to hydrolysis) is 1. The Labute approximate surface area is 137 Å². The van der Waals surface area contributed by atoms with Gasteiger partial charge in [-0.2, -0.15) is 0 Å². The van der Waals surface area contributed by atoms with Gasteiger partial charge in [0, 0.05) is 0 Å². The molecule has 2 atom stereocenters. The van der Waals surface area contributed by atoms with Crippen LogP contribution in [0, 0.1) is 5.92 Å². The number of rotatable bonds is 4. The standard InChI is InChI=1S/C16H27NO6/c1-15(2,3)22-13(19)11(9-10-7-8-21-12(10)18)17-14(20)23-16(4,5)6/h10-11H,7-9H2,1-6H3,(H,17,20)/t10-,11+/m1/s1. The maximum atomic E-state index is 12.3. The van der Waals surface area contributed by atoms with Gasteiger partial charge in [-0.3, -0.25) is 4.79 Å². The van der Waals surface area contributed by atoms with Gasteiger partial charge in [0.1, 0.15) is 17.2 Å². The smallest absolute Gasteiger partial charge is 0.408 e. The molecule has 0 aromatic rings. The molecule has 1 rings (SSSR count). The molecule has 0 unspecified atom stereocenters. The van der Waals surface area contributed by atoms with Crippen molar-refractivity contribution in [3.63, 3.8) is 0 Å². The van der Waals surface area contributed by atoms with E-state index in [1.165, 1.54) is 0 Å². The van der Waals surface area contributed by atoms with Crippen molar-refractivity contribution in [1.29, 1.82) is 0 Å². The molecular formula is C16H27NO6. The quantitative estimate of drug-likeness (QED) is 0.628. The molecule has 7 heteroatoms. The van der Waals surface area contributed by atoms with Crippen molar-refractivity contribution < 1.29 is 28.6 Å². The number of ether oxygens (including phenoxy) is 3. The van der Waals surface area contributed by atoms with Crippen molar-refractivity contribution >= 4 is 18.0 Å². The highest BCUT2D eigenvalue weighted by Gasteiger charge is 2.35. The third kappa shape index (κ3) is 7.34. The first kappa shape index (κ1) is 19.3. The summed E-state index contributed by atoms with van der Waals surface area (Å²) in [5.74, 6) is -1.38. The second-order valence-corrected chi connectivity index (χ2v) is 7.62. The molecular weight excluding hydrogens is 302 g/mol. The summed E-state index contributed by atoms with van der Waals surface area (Å²) < 4.78 is 15.4. The lowest BCUT2D eigenvalue weighted by Gasteiger charge is -2.26. The van der Waals surface area contributed by atoms with Crippen LogP contribution in [0.15, 0.2) is 0 Å². The molecule has 1 fully saturated rings. The van der Waals surface area contributed by atoms with Gasteiger partial charge in [-0.05, 0) is 54.4 Å². The van der Waals surface area contributed by atoms with Crippen molar-refractivity contribution in [1.82, 2.24) is 5.32 Å². The zero-order chi connectivity index (χ0) is 17.8. The molecule has 23 heavy (non-hydrogen) atoms. The van der Waals surface area contributed by atoms with E-state index in [2.05, 4.69) is 5.32 Å². The first-order chi connectivity index (χ1) is 10.4. The van der Waals surface area contributed by atoms with Gasteiger partial charge in [0.15, 0.2) is 0 Å². The van der Waals surface area contributed by atoms with Gasteiger partial charge in [-0.25, -0.2) is 9.59 Å². The fraction of sp³-hybridized carbons (Fsp3) is 0.812. The van der Waals surface area contributed by atoms with E-state index in [1.54, 1.807) is 41.5 Å². The lowest BCUT2D eigenvalue weighted by molar-refractivity contribution is -0.158. The lowest BCUT2D eigenvalue weighted by Crippen LogP contribution is -2.47. The number of cyclic esters (lactones) is 1. The van der Waals surface area contributed by atoms with E-state index in [4.69, 9.17) is 14.2 Å². The summed E-state index contributed by atoms with van der Waals surface area (Å²) in [5, 5.41) is 2.50. The van der Waals surface area contributed by atoms with Crippen LogP contribution in [0.25, 0.3) is 0 Å². The molecule has 1 amide bonds. The third-order valence-corrected chi connectivity index (χ3v) is 2.95. The van der Waals surface area contributed by atoms with Gasteiger partial charge >= 0.3 is 18.0 Å². The van der Waals surface area contributed by atoms with E-state index in [9.17, 15) is 14.4 Å². The molecule has 1 aliphatic rings. The fourth-order valence-corrected chi connectivity index (χ4v) is 2.07. The topological polar surface area (TPSA) is 90.9 Å². The molecule has 0 aliphatic carbocycles. The van der Waals surface area contributed by atoms with Crippen molar-refractivity contribution in [2.75, 3.05) is 6.61 Å². The second-order valence-electron chi connectivity index (χ2n) is 7.62. The van der Waals surface area contributed by atoms with Crippen LogP contribution in [-0.2, 0) is 23.8 Å². The predicted molar refractivity (Wildman–Crippen MR) is 82.7 cm³/mol. The Bertz CT molecular complexity index is 460. The number of nitrogens with one attached hydrogen (secondary N) is 1. The van der Waals surface area contributed by atoms with Crippen molar-refractivity contribution in [3.8, 4) is 0 Å². The Morgan fingerprint density at radius 1 is 1.17 bits per heavy atom. The van der Waals surface area contributed by atoms with Gasteiger partial charge in [0.2, 0.25) is 0 Å². The number of amides is 1. The molecule has 1 heterocycles. The maximum Gasteiger partial charge on any atom is 0.408 e. The summed E-state index contributed by atoms with van der Waals surface area (Å²) in [5.41, 5.74) is -1.38. The van der Waals surface area contributed by atoms with Crippen molar-refractivity contribution in [3.05, 3.63) is 0 Å². The summed E-state index contributed by atoms with van der Waals surface area (Å²) in [6.45, 7) is 10.7. The van der Waals surface area contributed by atoms with Crippen LogP contribution in [0.1, 0.15) is 54.4 Å². The van der Waals surface area contributed by atoms with Crippen molar-refractivity contribution in [2.24, 2.45) is 5.92 Å². The van der Waals surface area contributed by atoms with E-state index >= 15 is 0 Å². The Balaban J connectivity index is 2.77. The maximum absolute atomic E-state index is 12.3. The van der Waals surface area contributed by atoms with Crippen LogP contribution in [-0.4, -0.2) is 41.9 Å². The molecule has 0 bridgehead atoms. The summed E-state index contributed by atoms with van der Waals surface area (Å²) in [6.07, 6.45) is -0.0686. The normalized spacial score (nSPS) is 19.7. The minimum absolute atomic E-state index is 0.132. The van der Waals surface area contributed by atoms with Crippen LogP contribution >= 0.6 is 0 Å². The van der Waals surface area contributed by atoms with Gasteiger partial charge in [0.05, 0.1) is 12.5 Å². The highest BCUT2D eigenvalue weighted by atomic mass is 16.6. The number of carbonyl (C=O) groups excluding carboxylic acids is 3. The summed E-state index contributed by atoms with van der Waals surface area (Å²) in [4.78, 5) is 35.9. The van der Waals surface area contributed by atoms with Gasteiger partial charge in [-0.15, -0.1) is 0 Å². The largest absolute Gasteiger partial charge is 0.465 e. The van der Waals surface area contributed by atoms with Crippen LogP contribution in [0.2, 0.25) is 0 Å². The monoisotopic (exact) mass is 329 g/mol. The average Bonchev–Trinajstić information content (AvgIpc) is 2.69. The van der Waals surface area contributed by atoms with Crippen LogP contribution in [0.3, 0.4) is 0 Å². The summed E-state index contributed by atoms with van der Waals surface area (Å²) in [6, 6.07) is -0.959. The van der Waals surface area contributed by atoms with Crippen LogP contribution in [0.5, 0.6) is 0 Å². The Morgan fingerprint density at radius 3 is 2.17 bits per heavy atom. The lowest BCUT2D eigenvalue weighted by atomic mass is 9.98. The van der Waals surface area contributed by atoms with E-state index in [-0.39, 0.29) is 12.4 Å². The van der Waals surface area contributed by atoms with Crippen LogP contribution < -0.4 is 5.32 Å². The number of carbonyl (C=O) groups is 3. The first-order valence-electron chi connectivity index (χ1n) is 7.76. The second kappa shape index (κ2) is 7.19. The Morgan fingerprint density at radius 2 is 1.74 bits per heavy atom. The first-order valence-corrected chi connectivity index (χ1v) is 7.76. The van der Waals surface area contributed by atoms with Crippen molar-refractivity contribution in [2.45, 2.75) is 71.6 Å². The molecule has 0 radical (unpaired) electrons. The van der Waals surface area contributed by atoms with Crippen LogP contribution in [0.4, 0.5) is 4.79 Å². The molecule has 1 N–H and O–H groups in total. The predicted octanol–water partition coefficient (Wildman–Crippen LogP) is 2.17. The Hall–Kier alpha value is -1.79. The third-order valence-electron chi connectivity index (χ3n) is 2.95. The van der Waals surface area contributed by atoms with E-state index in [0.717, 1.165) is 0 Å². The summed E-state index contributed by atoms with van der Waals surface area (Å²) in [7, 11) is 0. The highest BCUT2D eigenvalue weighted by molar-refractivity contribution is 5.83. The highest BCUT2D eigenvalue weighted by Crippen LogP contribution is 2.22. The zero-order valence-electron chi connectivity index (χ0n) is 14.7. The van der Waals surface area contributed by atoms with E-state index in [0.29, 0.717) is 13.0 Å². The SMILES string of the molecule is CC(C)(C)OC(=O)N[C@@H](C[C@H]1CCOC1=O)C(=O)OC(C)(C)C. The number of esters is 2. The van der Waals surface area contributed by atoms with E-state index in [1.807, 2.05) is 0 Å². The van der Waals surface area contributed by atoms with Gasteiger partial charge in [0.25, 0.3) is 0 Å². The summed E-state index contributed by atoms with van der Waals surface area (Å²) >= 11 is 0. The molecule has 0 aromatic heterocycles. The molecule has 0 saturated carbocycles. The molecule has 1 saturated heterocycles. The van der Waals surface area contributed by atoms with E-state index < -0.39 is 35.2 Å².